The number of benzene rings is 1. The van der Waals surface area contributed by atoms with E-state index < -0.39 is 0 Å². The largest absolute Gasteiger partial charge is 0.385 e. The molecule has 0 saturated carbocycles. The van der Waals surface area contributed by atoms with E-state index in [1.807, 2.05) is 18.3 Å². The number of hydrogen-bond acceptors (Lipinski definition) is 3. The molecule has 0 bridgehead atoms. The van der Waals surface area contributed by atoms with E-state index in [0.717, 1.165) is 43.0 Å². The van der Waals surface area contributed by atoms with Crippen molar-refractivity contribution in [3.8, 4) is 0 Å². The molecule has 3 rings (SSSR count). The molecule has 0 unspecified atom stereocenters. The number of fused-ring (bicyclic) bond motifs is 1. The molecule has 4 nitrogen and oxygen atoms in total. The lowest BCUT2D eigenvalue weighted by molar-refractivity contribution is 0.190. The molecule has 2 aromatic heterocycles. The van der Waals surface area contributed by atoms with Gasteiger partial charge in [-0.15, -0.1) is 0 Å². The lowest BCUT2D eigenvalue weighted by Crippen LogP contribution is -2.07. The Labute approximate surface area is 130 Å². The molecule has 0 saturated heterocycles. The lowest BCUT2D eigenvalue weighted by Gasteiger charge is -2.08. The second-order valence-corrected chi connectivity index (χ2v) is 5.53. The highest BCUT2D eigenvalue weighted by Gasteiger charge is 2.11. The highest BCUT2D eigenvalue weighted by molar-refractivity contribution is 5.71. The molecule has 22 heavy (non-hydrogen) atoms. The van der Waals surface area contributed by atoms with Crippen molar-refractivity contribution in [2.75, 3.05) is 13.7 Å². The van der Waals surface area contributed by atoms with Crippen LogP contribution in [0.4, 0.5) is 0 Å². The van der Waals surface area contributed by atoms with E-state index in [9.17, 15) is 0 Å². The van der Waals surface area contributed by atoms with Crippen LogP contribution in [0, 0.1) is 6.92 Å². The van der Waals surface area contributed by atoms with Crippen LogP contribution >= 0.6 is 0 Å². The summed E-state index contributed by atoms with van der Waals surface area (Å²) in [7, 11) is 1.73. The first-order valence-electron chi connectivity index (χ1n) is 7.62. The third kappa shape index (κ3) is 3.17. The van der Waals surface area contributed by atoms with E-state index in [-0.39, 0.29) is 0 Å². The summed E-state index contributed by atoms with van der Waals surface area (Å²) in [5.41, 5.74) is 4.47. The quantitative estimate of drug-likeness (QED) is 0.655. The summed E-state index contributed by atoms with van der Waals surface area (Å²) in [5.74, 6) is 1.06. The molecule has 0 aliphatic carbocycles. The van der Waals surface area contributed by atoms with Gasteiger partial charge in [0.1, 0.15) is 11.3 Å². The molecule has 114 valence electrons. The van der Waals surface area contributed by atoms with Gasteiger partial charge < -0.3 is 9.30 Å². The van der Waals surface area contributed by atoms with Crippen molar-refractivity contribution in [3.05, 3.63) is 59.5 Å². The first-order chi connectivity index (χ1) is 10.8. The molecular formula is C18H21N3O. The number of ether oxygens (including phenoxy) is 1. The van der Waals surface area contributed by atoms with Crippen LogP contribution in [0.15, 0.2) is 42.6 Å². The van der Waals surface area contributed by atoms with Gasteiger partial charge in [-0.3, -0.25) is 0 Å². The monoisotopic (exact) mass is 295 g/mol. The zero-order valence-corrected chi connectivity index (χ0v) is 13.1. The van der Waals surface area contributed by atoms with E-state index in [0.29, 0.717) is 0 Å². The van der Waals surface area contributed by atoms with Gasteiger partial charge in [0.25, 0.3) is 0 Å². The molecule has 4 heteroatoms. The van der Waals surface area contributed by atoms with E-state index in [2.05, 4.69) is 40.7 Å². The summed E-state index contributed by atoms with van der Waals surface area (Å²) in [6.07, 6.45) is 3.61. The summed E-state index contributed by atoms with van der Waals surface area (Å²) >= 11 is 0. The molecule has 1 aromatic carbocycles. The first kappa shape index (κ1) is 14.7. The maximum Gasteiger partial charge on any atom is 0.159 e. The number of hydrogen-bond donors (Lipinski definition) is 0. The van der Waals surface area contributed by atoms with Crippen molar-refractivity contribution in [2.45, 2.75) is 26.3 Å². The lowest BCUT2D eigenvalue weighted by atomic mass is 10.1. The van der Waals surface area contributed by atoms with Gasteiger partial charge in [0.05, 0.1) is 0 Å². The fourth-order valence-electron chi connectivity index (χ4n) is 2.63. The van der Waals surface area contributed by atoms with E-state index in [1.165, 1.54) is 11.1 Å². The minimum atomic E-state index is 0.747. The van der Waals surface area contributed by atoms with Gasteiger partial charge in [0, 0.05) is 32.9 Å². The Morgan fingerprint density at radius 3 is 2.73 bits per heavy atom. The topological polar surface area (TPSA) is 39.9 Å². The smallest absolute Gasteiger partial charge is 0.159 e. The van der Waals surface area contributed by atoms with Crippen LogP contribution in [0.1, 0.15) is 23.4 Å². The summed E-state index contributed by atoms with van der Waals surface area (Å²) in [4.78, 5) is 9.26. The Hall–Kier alpha value is -2.20. The minimum absolute atomic E-state index is 0.747. The van der Waals surface area contributed by atoms with Crippen LogP contribution in [0.2, 0.25) is 0 Å². The Kier molecular flexibility index (Phi) is 4.49. The molecule has 0 atom stereocenters. The molecule has 0 N–H and O–H groups in total. The highest BCUT2D eigenvalue weighted by Crippen LogP contribution is 2.17. The predicted molar refractivity (Wildman–Crippen MR) is 88.0 cm³/mol. The van der Waals surface area contributed by atoms with Crippen LogP contribution in [-0.4, -0.2) is 28.3 Å². The highest BCUT2D eigenvalue weighted by atomic mass is 16.5. The normalized spacial score (nSPS) is 11.2. The number of aryl methyl sites for hydroxylation is 2. The van der Waals surface area contributed by atoms with Crippen LogP contribution < -0.4 is 0 Å². The third-order valence-electron chi connectivity index (χ3n) is 3.80. The number of imidazole rings is 1. The van der Waals surface area contributed by atoms with Gasteiger partial charge in [0.15, 0.2) is 5.65 Å². The summed E-state index contributed by atoms with van der Waals surface area (Å²) in [5, 5.41) is 0. The minimum Gasteiger partial charge on any atom is -0.385 e. The van der Waals surface area contributed by atoms with Crippen molar-refractivity contribution < 1.29 is 4.74 Å². The Bertz CT molecular complexity index is 747. The second-order valence-electron chi connectivity index (χ2n) is 5.53. The molecule has 0 fully saturated rings. The average molecular weight is 295 g/mol. The Balaban J connectivity index is 1.92. The van der Waals surface area contributed by atoms with Gasteiger partial charge in [-0.1, -0.05) is 29.8 Å². The fraction of sp³-hybridized carbons (Fsp3) is 0.333. The van der Waals surface area contributed by atoms with Crippen LogP contribution in [-0.2, 0) is 17.7 Å². The van der Waals surface area contributed by atoms with Gasteiger partial charge >= 0.3 is 0 Å². The SMILES string of the molecule is COCCCn1c(Cc2ccc(C)cc2)nc2cccnc21. The molecule has 0 aliphatic rings. The fourth-order valence-corrected chi connectivity index (χ4v) is 2.63. The van der Waals surface area contributed by atoms with E-state index in [4.69, 9.17) is 9.72 Å². The number of aromatic nitrogens is 3. The number of pyridine rings is 1. The summed E-state index contributed by atoms with van der Waals surface area (Å²) in [6.45, 7) is 3.73. The summed E-state index contributed by atoms with van der Waals surface area (Å²) in [6, 6.07) is 12.6. The van der Waals surface area contributed by atoms with Crippen LogP contribution in [0.25, 0.3) is 11.2 Å². The van der Waals surface area contributed by atoms with Gasteiger partial charge in [-0.25, -0.2) is 9.97 Å². The molecule has 0 aliphatic heterocycles. The second kappa shape index (κ2) is 6.71. The number of nitrogens with zero attached hydrogens (tertiary/aromatic N) is 3. The number of rotatable bonds is 6. The number of methoxy groups -OCH3 is 1. The first-order valence-corrected chi connectivity index (χ1v) is 7.62. The molecule has 0 amide bonds. The van der Waals surface area contributed by atoms with E-state index >= 15 is 0 Å². The van der Waals surface area contributed by atoms with Gasteiger partial charge in [-0.05, 0) is 31.0 Å². The third-order valence-corrected chi connectivity index (χ3v) is 3.80. The van der Waals surface area contributed by atoms with Crippen molar-refractivity contribution in [2.24, 2.45) is 0 Å². The Morgan fingerprint density at radius 2 is 1.95 bits per heavy atom. The van der Waals surface area contributed by atoms with Gasteiger partial charge in [-0.2, -0.15) is 0 Å². The molecular weight excluding hydrogens is 274 g/mol. The maximum atomic E-state index is 5.17. The van der Waals surface area contributed by atoms with Crippen molar-refractivity contribution in [1.82, 2.24) is 14.5 Å². The molecule has 0 spiro atoms. The van der Waals surface area contributed by atoms with Gasteiger partial charge in [0.2, 0.25) is 0 Å². The van der Waals surface area contributed by atoms with E-state index in [1.54, 1.807) is 7.11 Å². The Morgan fingerprint density at radius 1 is 1.14 bits per heavy atom. The predicted octanol–water partition coefficient (Wildman–Crippen LogP) is 3.37. The standard InChI is InChI=1S/C18H21N3O/c1-14-6-8-15(9-7-14)13-17-20-16-5-3-10-19-18(16)21(17)11-4-12-22-2/h3,5-10H,4,11-13H2,1-2H3. The van der Waals surface area contributed by atoms with Crippen molar-refractivity contribution in [3.63, 3.8) is 0 Å². The van der Waals surface area contributed by atoms with Crippen LogP contribution in [0.5, 0.6) is 0 Å². The molecule has 2 heterocycles. The summed E-state index contributed by atoms with van der Waals surface area (Å²) < 4.78 is 7.39. The van der Waals surface area contributed by atoms with Crippen molar-refractivity contribution >= 4 is 11.2 Å². The van der Waals surface area contributed by atoms with Crippen molar-refractivity contribution in [1.29, 1.82) is 0 Å². The zero-order valence-electron chi connectivity index (χ0n) is 13.1. The molecule has 3 aromatic rings. The maximum absolute atomic E-state index is 5.17. The van der Waals surface area contributed by atoms with Crippen LogP contribution in [0.3, 0.4) is 0 Å². The average Bonchev–Trinajstić information content (AvgIpc) is 2.88. The zero-order chi connectivity index (χ0) is 15.4. The molecule has 0 radical (unpaired) electrons.